The van der Waals surface area contributed by atoms with Gasteiger partial charge < -0.3 is 48.5 Å². The number of ether oxygens (including phenoxy) is 4. The summed E-state index contributed by atoms with van der Waals surface area (Å²) in [6, 6.07) is 8.31. The predicted molar refractivity (Wildman–Crippen MR) is 278 cm³/mol. The van der Waals surface area contributed by atoms with Crippen LogP contribution in [0.25, 0.3) is 44.3 Å². The minimum absolute atomic E-state index is 0. The summed E-state index contributed by atoms with van der Waals surface area (Å²) in [5, 5.41) is 13.1. The summed E-state index contributed by atoms with van der Waals surface area (Å²) in [7, 11) is 6.67. The van der Waals surface area contributed by atoms with Gasteiger partial charge in [0.2, 0.25) is 18.6 Å². The van der Waals surface area contributed by atoms with E-state index in [1.807, 2.05) is 42.2 Å². The van der Waals surface area contributed by atoms with Crippen molar-refractivity contribution in [3.8, 4) is 45.8 Å². The van der Waals surface area contributed by atoms with Gasteiger partial charge in [-0.15, -0.1) is 0 Å². The van der Waals surface area contributed by atoms with Gasteiger partial charge in [0.1, 0.15) is 28.5 Å². The average molecular weight is 975 g/mol. The van der Waals surface area contributed by atoms with E-state index in [1.54, 1.807) is 50.9 Å². The highest BCUT2D eigenvalue weighted by atomic mass is 19.1. The van der Waals surface area contributed by atoms with Gasteiger partial charge in [-0.1, -0.05) is 27.7 Å². The minimum Gasteiger partial charge on any atom is -0.496 e. The zero-order valence-electron chi connectivity index (χ0n) is 41.6. The van der Waals surface area contributed by atoms with Gasteiger partial charge in [-0.25, -0.2) is 33.9 Å². The van der Waals surface area contributed by atoms with E-state index >= 15 is 4.39 Å². The normalized spacial score (nSPS) is 14.8. The molecule has 384 valence electrons. The van der Waals surface area contributed by atoms with Gasteiger partial charge in [0.15, 0.2) is 11.6 Å². The van der Waals surface area contributed by atoms with E-state index in [9.17, 15) is 9.59 Å². The van der Waals surface area contributed by atoms with Crippen LogP contribution in [-0.4, -0.2) is 173 Å². The van der Waals surface area contributed by atoms with Crippen LogP contribution >= 0.6 is 0 Å². The molecule has 2 saturated heterocycles. The van der Waals surface area contributed by atoms with Crippen molar-refractivity contribution in [2.24, 2.45) is 14.1 Å². The molecule has 8 rings (SSSR count). The Balaban J connectivity index is 0.00000238. The van der Waals surface area contributed by atoms with E-state index in [0.29, 0.717) is 52.9 Å². The Morgan fingerprint density at radius 1 is 0.643 bits per heavy atom. The van der Waals surface area contributed by atoms with Crippen molar-refractivity contribution < 1.29 is 38.6 Å². The molecule has 20 nitrogen and oxygen atoms in total. The Labute approximate surface area is 414 Å². The number of fused-ring (bicyclic) bond motifs is 2. The maximum absolute atomic E-state index is 15.9. The number of aromatic nitrogens is 6. The molecule has 0 spiro atoms. The number of aryl methyl sites for hydroxylation is 2. The SMILES string of the molecule is CC.CCN1CCN(CCNC(=O)Nc2cc3cc(-c4c(OC)ccnc4OCOc4c(F)cnc(OC)c4-c4cc5cc(NC(=O)NCCN6CCN(CC)CC6)ncc5n4C)n(C)c3cn2)CC1.[HH].[HH].[HH].[HH]. The number of likely N-dealkylation sites (N-methyl/N-ethyl adjacent to an activating group) is 2. The lowest BCUT2D eigenvalue weighted by Crippen LogP contribution is -2.48. The fraction of sp³-hybridized carbons (Fsp3) is 0.469. The second-order valence-electron chi connectivity index (χ2n) is 16.7. The molecular weight excluding hydrogens is 900 g/mol. The van der Waals surface area contributed by atoms with Gasteiger partial charge >= 0.3 is 12.1 Å². The second kappa shape index (κ2) is 24.2. The van der Waals surface area contributed by atoms with Gasteiger partial charge in [-0.2, -0.15) is 0 Å². The third-order valence-corrected chi connectivity index (χ3v) is 12.7. The van der Waals surface area contributed by atoms with Crippen molar-refractivity contribution in [3.05, 3.63) is 60.9 Å². The van der Waals surface area contributed by atoms with Gasteiger partial charge in [-0.3, -0.25) is 20.4 Å². The zero-order valence-corrected chi connectivity index (χ0v) is 41.6. The zero-order chi connectivity index (χ0) is 49.7. The molecule has 8 heterocycles. The Bertz CT molecular complexity index is 2740. The van der Waals surface area contributed by atoms with Gasteiger partial charge in [0, 0.05) is 115 Å². The number of amides is 4. The molecule has 0 atom stereocenters. The maximum atomic E-state index is 15.9. The van der Waals surface area contributed by atoms with Crippen LogP contribution in [0.15, 0.2) is 55.1 Å². The molecule has 21 heteroatoms. The van der Waals surface area contributed by atoms with E-state index in [2.05, 4.69) is 74.7 Å². The molecule has 2 aliphatic heterocycles. The molecule has 0 aliphatic carbocycles. The van der Waals surface area contributed by atoms with Crippen molar-refractivity contribution >= 4 is 45.5 Å². The second-order valence-corrected chi connectivity index (χ2v) is 16.7. The largest absolute Gasteiger partial charge is 0.496 e. The monoisotopic (exact) mass is 975 g/mol. The molecule has 70 heavy (non-hydrogen) atoms. The van der Waals surface area contributed by atoms with E-state index in [-0.39, 0.29) is 40.8 Å². The third-order valence-electron chi connectivity index (χ3n) is 12.7. The predicted octanol–water partition coefficient (Wildman–Crippen LogP) is 6.68. The number of halogens is 1. The molecule has 2 fully saturated rings. The summed E-state index contributed by atoms with van der Waals surface area (Å²) in [4.78, 5) is 53.0. The maximum Gasteiger partial charge on any atom is 0.320 e. The summed E-state index contributed by atoms with van der Waals surface area (Å²) < 4.78 is 43.3. The lowest BCUT2D eigenvalue weighted by Gasteiger charge is -2.33. The van der Waals surface area contributed by atoms with Crippen molar-refractivity contribution in [1.82, 2.24) is 59.3 Å². The lowest BCUT2D eigenvalue weighted by molar-refractivity contribution is 0.111. The molecule has 0 unspecified atom stereocenters. The van der Waals surface area contributed by atoms with Gasteiger partial charge in [-0.05, 0) is 43.4 Å². The van der Waals surface area contributed by atoms with Crippen LogP contribution in [0.1, 0.15) is 33.4 Å². The number of piperazine rings is 2. The van der Waals surface area contributed by atoms with Crippen molar-refractivity contribution in [3.63, 3.8) is 0 Å². The van der Waals surface area contributed by atoms with Gasteiger partial charge in [0.25, 0.3) is 0 Å². The Morgan fingerprint density at radius 3 is 1.63 bits per heavy atom. The Hall–Kier alpha value is -6.81. The van der Waals surface area contributed by atoms with E-state index in [1.165, 1.54) is 7.11 Å². The summed E-state index contributed by atoms with van der Waals surface area (Å²) in [6.07, 6.45) is 5.88. The molecule has 4 amide bonds. The van der Waals surface area contributed by atoms with Crippen molar-refractivity contribution in [2.45, 2.75) is 27.7 Å². The number of pyridine rings is 4. The third kappa shape index (κ3) is 12.0. The number of nitrogens with one attached hydrogen (secondary N) is 4. The number of carbonyl (C=O) groups excluding carboxylic acids is 2. The molecule has 0 radical (unpaired) electrons. The van der Waals surface area contributed by atoms with E-state index in [0.717, 1.165) is 101 Å². The number of hydrogen-bond donors (Lipinski definition) is 4. The number of urea groups is 2. The van der Waals surface area contributed by atoms with Gasteiger partial charge in [0.05, 0.1) is 55.2 Å². The number of rotatable bonds is 18. The highest BCUT2D eigenvalue weighted by Crippen LogP contribution is 2.42. The molecule has 0 saturated carbocycles. The van der Waals surface area contributed by atoms with Crippen LogP contribution in [0.3, 0.4) is 0 Å². The standard InChI is InChI=1S/C47H61FN14O6.C2H6.4H2/c1-7-59-15-19-61(20-16-59)13-11-50-46(63)55-39-25-31-23-34(57(3)36(31)28-52-39)41-38(65-5)9-10-49-45(41)68-30-67-43-33(48)27-54-44(66-6)42(43)35-24-32-26-40(53-29-37(32)58(35)4)56-47(64)51-12-14-62-21-17-60(8-2)18-22-62;1-2;;;;/h9-10,23-29H,7-8,11-22,30H2,1-6H3,(H2,50,52,55,63)(H2,51,53,56,64);1-2H3;4*1H. The smallest absolute Gasteiger partial charge is 0.320 e. The molecule has 6 aromatic rings. The fourth-order valence-electron chi connectivity index (χ4n) is 8.78. The molecule has 0 bridgehead atoms. The number of hydrogen-bond acceptors (Lipinski definition) is 14. The molecule has 6 aromatic heterocycles. The van der Waals surface area contributed by atoms with Crippen LogP contribution in [0.2, 0.25) is 0 Å². The molecule has 4 N–H and O–H groups in total. The minimum atomic E-state index is -0.748. The summed E-state index contributed by atoms with van der Waals surface area (Å²) in [5.41, 5.74) is 3.44. The quantitative estimate of drug-likeness (QED) is 0.0667. The molecular formula is C49H75FN14O6. The summed E-state index contributed by atoms with van der Waals surface area (Å²) in [5.74, 6) is 0.578. The first kappa shape index (κ1) is 51.1. The van der Waals surface area contributed by atoms with Crippen LogP contribution in [0, 0.1) is 5.82 Å². The summed E-state index contributed by atoms with van der Waals surface area (Å²) in [6.45, 7) is 20.6. The number of nitrogens with zero attached hydrogens (tertiary/aromatic N) is 10. The molecule has 0 aromatic carbocycles. The Morgan fingerprint density at radius 2 is 1.14 bits per heavy atom. The van der Waals surface area contributed by atoms with E-state index in [4.69, 9.17) is 18.9 Å². The first-order valence-corrected chi connectivity index (χ1v) is 24.0. The highest BCUT2D eigenvalue weighted by molar-refractivity contribution is 5.95. The number of anilines is 2. The number of carbonyl (C=O) groups is 2. The first-order chi connectivity index (χ1) is 34.1. The number of methoxy groups -OCH3 is 2. The summed E-state index contributed by atoms with van der Waals surface area (Å²) >= 11 is 0. The highest BCUT2D eigenvalue weighted by Gasteiger charge is 2.25. The van der Waals surface area contributed by atoms with Crippen molar-refractivity contribution in [1.29, 1.82) is 0 Å². The van der Waals surface area contributed by atoms with Crippen LogP contribution in [0.4, 0.5) is 25.6 Å². The fourth-order valence-corrected chi connectivity index (χ4v) is 8.78. The van der Waals surface area contributed by atoms with Crippen LogP contribution in [0.5, 0.6) is 23.3 Å². The van der Waals surface area contributed by atoms with E-state index < -0.39 is 12.6 Å². The lowest BCUT2D eigenvalue weighted by atomic mass is 10.1. The average Bonchev–Trinajstić information content (AvgIpc) is 3.88. The topological polar surface area (TPSA) is 194 Å². The van der Waals surface area contributed by atoms with Crippen molar-refractivity contribution in [2.75, 3.05) is 123 Å². The first-order valence-electron chi connectivity index (χ1n) is 24.0. The van der Waals surface area contributed by atoms with Crippen LogP contribution < -0.4 is 40.2 Å². The Kier molecular flexibility index (Phi) is 17.6. The molecule has 2 aliphatic rings. The van der Waals surface area contributed by atoms with Crippen LogP contribution in [-0.2, 0) is 14.1 Å².